The second-order valence-corrected chi connectivity index (χ2v) is 5.24. The van der Waals surface area contributed by atoms with E-state index in [4.69, 9.17) is 0 Å². The molecule has 3 fully saturated rings. The van der Waals surface area contributed by atoms with Crippen molar-refractivity contribution in [2.75, 3.05) is 19.6 Å². The van der Waals surface area contributed by atoms with E-state index in [1.54, 1.807) is 0 Å². The zero-order chi connectivity index (χ0) is 11.8. The van der Waals surface area contributed by atoms with Gasteiger partial charge in [-0.1, -0.05) is 0 Å². The van der Waals surface area contributed by atoms with Crippen molar-refractivity contribution in [3.05, 3.63) is 0 Å². The fourth-order valence-corrected chi connectivity index (χ4v) is 3.26. The van der Waals surface area contributed by atoms with E-state index in [0.29, 0.717) is 6.42 Å². The Hall–Kier alpha value is -1.26. The maximum absolute atomic E-state index is 12.3. The van der Waals surface area contributed by atoms with Gasteiger partial charge < -0.3 is 15.1 Å². The van der Waals surface area contributed by atoms with Gasteiger partial charge in [0.1, 0.15) is 0 Å². The number of nitrogens with one attached hydrogen (secondary N) is 1. The quantitative estimate of drug-likeness (QED) is 0.669. The first-order valence-corrected chi connectivity index (χ1v) is 6.60. The molecule has 3 amide bonds. The van der Waals surface area contributed by atoms with Crippen LogP contribution in [-0.2, 0) is 4.79 Å². The molecule has 0 saturated carbocycles. The molecule has 2 atom stereocenters. The van der Waals surface area contributed by atoms with Crippen molar-refractivity contribution in [3.8, 4) is 0 Å². The van der Waals surface area contributed by atoms with Gasteiger partial charge in [0, 0.05) is 26.1 Å². The van der Waals surface area contributed by atoms with Crippen LogP contribution in [0.5, 0.6) is 0 Å². The molecule has 0 spiro atoms. The summed E-state index contributed by atoms with van der Waals surface area (Å²) in [4.78, 5) is 27.6. The molecule has 0 radical (unpaired) electrons. The Bertz CT molecular complexity index is 339. The topological polar surface area (TPSA) is 52.7 Å². The van der Waals surface area contributed by atoms with Crippen LogP contribution in [-0.4, -0.2) is 53.5 Å². The number of rotatable bonds is 0. The number of hydrogen-bond acceptors (Lipinski definition) is 2. The van der Waals surface area contributed by atoms with Crippen molar-refractivity contribution in [2.45, 2.75) is 44.2 Å². The van der Waals surface area contributed by atoms with E-state index < -0.39 is 0 Å². The van der Waals surface area contributed by atoms with Crippen LogP contribution >= 0.6 is 0 Å². The SMILES string of the molecule is O=C1CC[C@@H]2[C@H](CCN2C(=O)N2CCCC2)N1. The van der Waals surface area contributed by atoms with Crippen LogP contribution in [0, 0.1) is 0 Å². The lowest BCUT2D eigenvalue weighted by Crippen LogP contribution is -2.53. The average molecular weight is 237 g/mol. The van der Waals surface area contributed by atoms with Gasteiger partial charge in [-0.2, -0.15) is 0 Å². The monoisotopic (exact) mass is 237 g/mol. The number of carbonyl (C=O) groups excluding carboxylic acids is 2. The molecule has 3 aliphatic rings. The van der Waals surface area contributed by atoms with Crippen molar-refractivity contribution < 1.29 is 9.59 Å². The van der Waals surface area contributed by atoms with Crippen LogP contribution in [0.3, 0.4) is 0 Å². The van der Waals surface area contributed by atoms with Crippen LogP contribution in [0.2, 0.25) is 0 Å². The van der Waals surface area contributed by atoms with Gasteiger partial charge >= 0.3 is 6.03 Å². The number of nitrogens with zero attached hydrogens (tertiary/aromatic N) is 2. The molecule has 0 aliphatic carbocycles. The summed E-state index contributed by atoms with van der Waals surface area (Å²) in [5.41, 5.74) is 0. The molecule has 3 rings (SSSR count). The molecule has 3 heterocycles. The molecule has 0 aromatic rings. The minimum absolute atomic E-state index is 0.140. The van der Waals surface area contributed by atoms with Crippen LogP contribution in [0.1, 0.15) is 32.1 Å². The summed E-state index contributed by atoms with van der Waals surface area (Å²) in [6.45, 7) is 2.60. The first-order chi connectivity index (χ1) is 8.25. The third-order valence-electron chi connectivity index (χ3n) is 4.18. The van der Waals surface area contributed by atoms with E-state index in [1.165, 1.54) is 0 Å². The summed E-state index contributed by atoms with van der Waals surface area (Å²) in [5.74, 6) is 0.140. The molecular weight excluding hydrogens is 218 g/mol. The van der Waals surface area contributed by atoms with Crippen LogP contribution < -0.4 is 5.32 Å². The first-order valence-electron chi connectivity index (χ1n) is 6.60. The lowest BCUT2D eigenvalue weighted by atomic mass is 9.99. The third-order valence-corrected chi connectivity index (χ3v) is 4.18. The number of piperidine rings is 1. The number of fused-ring (bicyclic) bond motifs is 1. The highest BCUT2D eigenvalue weighted by atomic mass is 16.2. The molecule has 3 aliphatic heterocycles. The molecule has 0 unspecified atom stereocenters. The van der Waals surface area contributed by atoms with E-state index in [-0.39, 0.29) is 24.0 Å². The van der Waals surface area contributed by atoms with Crippen molar-refractivity contribution in [1.29, 1.82) is 0 Å². The molecule has 5 heteroatoms. The van der Waals surface area contributed by atoms with Crippen LogP contribution in [0.15, 0.2) is 0 Å². The smallest absolute Gasteiger partial charge is 0.320 e. The lowest BCUT2D eigenvalue weighted by molar-refractivity contribution is -0.123. The van der Waals surface area contributed by atoms with Gasteiger partial charge in [0.15, 0.2) is 0 Å². The maximum Gasteiger partial charge on any atom is 0.320 e. The summed E-state index contributed by atoms with van der Waals surface area (Å²) in [6.07, 6.45) is 4.56. The zero-order valence-electron chi connectivity index (χ0n) is 10.0. The van der Waals surface area contributed by atoms with Gasteiger partial charge in [0.2, 0.25) is 5.91 Å². The minimum atomic E-state index is 0.140. The molecule has 17 heavy (non-hydrogen) atoms. The summed E-state index contributed by atoms with van der Waals surface area (Å²) in [7, 11) is 0. The Morgan fingerprint density at radius 1 is 1.18 bits per heavy atom. The number of carbonyl (C=O) groups is 2. The van der Waals surface area contributed by atoms with Gasteiger partial charge in [-0.15, -0.1) is 0 Å². The van der Waals surface area contributed by atoms with E-state index >= 15 is 0 Å². The number of amides is 3. The first kappa shape index (κ1) is 10.9. The molecule has 0 bridgehead atoms. The van der Waals surface area contributed by atoms with Crippen LogP contribution in [0.25, 0.3) is 0 Å². The van der Waals surface area contributed by atoms with Gasteiger partial charge in [0.25, 0.3) is 0 Å². The van der Waals surface area contributed by atoms with Crippen molar-refractivity contribution in [2.24, 2.45) is 0 Å². The Labute approximate surface area is 101 Å². The molecule has 3 saturated heterocycles. The van der Waals surface area contributed by atoms with E-state index in [2.05, 4.69) is 5.32 Å². The predicted molar refractivity (Wildman–Crippen MR) is 62.5 cm³/mol. The fraction of sp³-hybridized carbons (Fsp3) is 0.833. The van der Waals surface area contributed by atoms with E-state index in [9.17, 15) is 9.59 Å². The minimum Gasteiger partial charge on any atom is -0.351 e. The average Bonchev–Trinajstić information content (AvgIpc) is 2.96. The third kappa shape index (κ3) is 1.87. The van der Waals surface area contributed by atoms with Crippen molar-refractivity contribution in [1.82, 2.24) is 15.1 Å². The number of likely N-dealkylation sites (tertiary alicyclic amines) is 2. The highest BCUT2D eigenvalue weighted by molar-refractivity contribution is 5.79. The Balaban J connectivity index is 1.68. The van der Waals surface area contributed by atoms with Crippen molar-refractivity contribution >= 4 is 11.9 Å². The Kier molecular flexibility index (Phi) is 2.68. The van der Waals surface area contributed by atoms with E-state index in [0.717, 1.165) is 45.3 Å². The second kappa shape index (κ2) is 4.20. The molecule has 1 N–H and O–H groups in total. The summed E-state index contributed by atoms with van der Waals surface area (Å²) in [5, 5.41) is 3.00. The molecule has 5 nitrogen and oxygen atoms in total. The highest BCUT2D eigenvalue weighted by Gasteiger charge is 2.41. The Morgan fingerprint density at radius 3 is 2.71 bits per heavy atom. The van der Waals surface area contributed by atoms with Crippen LogP contribution in [0.4, 0.5) is 4.79 Å². The summed E-state index contributed by atoms with van der Waals surface area (Å²) < 4.78 is 0. The summed E-state index contributed by atoms with van der Waals surface area (Å²) in [6, 6.07) is 0.620. The lowest BCUT2D eigenvalue weighted by Gasteiger charge is -2.34. The standard InChI is InChI=1S/C12H19N3O2/c16-11-4-3-10-9(13-11)5-8-15(10)12(17)14-6-1-2-7-14/h9-10H,1-8H2,(H,13,16)/t9-,10+/m0/s1. The maximum atomic E-state index is 12.3. The highest BCUT2D eigenvalue weighted by Crippen LogP contribution is 2.27. The van der Waals surface area contributed by atoms with Crippen molar-refractivity contribution in [3.63, 3.8) is 0 Å². The summed E-state index contributed by atoms with van der Waals surface area (Å²) >= 11 is 0. The molecule has 0 aromatic heterocycles. The van der Waals surface area contributed by atoms with Gasteiger partial charge in [-0.05, 0) is 25.7 Å². The fourth-order valence-electron chi connectivity index (χ4n) is 3.26. The largest absolute Gasteiger partial charge is 0.351 e. The van der Waals surface area contributed by atoms with Gasteiger partial charge in [-0.3, -0.25) is 4.79 Å². The number of urea groups is 1. The molecule has 0 aromatic carbocycles. The second-order valence-electron chi connectivity index (χ2n) is 5.24. The molecular formula is C12H19N3O2. The molecule has 94 valence electrons. The Morgan fingerprint density at radius 2 is 1.94 bits per heavy atom. The van der Waals surface area contributed by atoms with Gasteiger partial charge in [-0.25, -0.2) is 4.79 Å². The zero-order valence-corrected chi connectivity index (χ0v) is 10.0. The normalized spacial score (nSPS) is 32.6. The number of hydrogen-bond donors (Lipinski definition) is 1. The van der Waals surface area contributed by atoms with E-state index in [1.807, 2.05) is 9.80 Å². The predicted octanol–water partition coefficient (Wildman–Crippen LogP) is 0.555. The van der Waals surface area contributed by atoms with Gasteiger partial charge in [0.05, 0.1) is 12.1 Å².